The SMILES string of the molecule is CC1(C)CCC(N)C(CN2CCCC(C)(O)C2)C1. The molecule has 3 heteroatoms. The first-order valence-electron chi connectivity index (χ1n) is 7.48. The molecule has 2 rings (SSSR count). The molecule has 0 amide bonds. The normalized spacial score (nSPS) is 41.8. The molecule has 1 saturated carbocycles. The van der Waals surface area contributed by atoms with Crippen molar-refractivity contribution in [3.05, 3.63) is 0 Å². The first-order chi connectivity index (χ1) is 8.27. The Morgan fingerprint density at radius 1 is 1.28 bits per heavy atom. The summed E-state index contributed by atoms with van der Waals surface area (Å²) < 4.78 is 0. The molecule has 0 bridgehead atoms. The van der Waals surface area contributed by atoms with Gasteiger partial charge in [0.25, 0.3) is 0 Å². The Morgan fingerprint density at radius 3 is 2.67 bits per heavy atom. The molecule has 1 heterocycles. The molecule has 3 unspecified atom stereocenters. The van der Waals surface area contributed by atoms with Crippen LogP contribution < -0.4 is 5.73 Å². The summed E-state index contributed by atoms with van der Waals surface area (Å²) in [4.78, 5) is 2.43. The van der Waals surface area contributed by atoms with Crippen molar-refractivity contribution < 1.29 is 5.11 Å². The van der Waals surface area contributed by atoms with Crippen LogP contribution in [0.3, 0.4) is 0 Å². The Labute approximate surface area is 112 Å². The van der Waals surface area contributed by atoms with Crippen LogP contribution >= 0.6 is 0 Å². The zero-order valence-electron chi connectivity index (χ0n) is 12.3. The Balaban J connectivity index is 1.91. The van der Waals surface area contributed by atoms with Crippen LogP contribution in [0.4, 0.5) is 0 Å². The second-order valence-electron chi connectivity index (χ2n) is 7.67. The molecule has 1 aliphatic carbocycles. The van der Waals surface area contributed by atoms with Gasteiger partial charge in [-0.25, -0.2) is 0 Å². The molecule has 3 nitrogen and oxygen atoms in total. The molecule has 2 fully saturated rings. The lowest BCUT2D eigenvalue weighted by Gasteiger charge is -2.44. The van der Waals surface area contributed by atoms with Crippen LogP contribution in [0, 0.1) is 11.3 Å². The minimum atomic E-state index is -0.494. The lowest BCUT2D eigenvalue weighted by Crippen LogP contribution is -2.51. The van der Waals surface area contributed by atoms with Crippen molar-refractivity contribution in [2.24, 2.45) is 17.1 Å². The molecular weight excluding hydrogens is 224 g/mol. The molecule has 18 heavy (non-hydrogen) atoms. The van der Waals surface area contributed by atoms with Gasteiger partial charge in [0.1, 0.15) is 0 Å². The first kappa shape index (κ1) is 14.3. The van der Waals surface area contributed by atoms with Crippen LogP contribution in [0.2, 0.25) is 0 Å². The van der Waals surface area contributed by atoms with Crippen LogP contribution in [0.5, 0.6) is 0 Å². The maximum absolute atomic E-state index is 10.2. The van der Waals surface area contributed by atoms with Gasteiger partial charge in [-0.15, -0.1) is 0 Å². The molecule has 2 aliphatic rings. The molecule has 1 aliphatic heterocycles. The lowest BCUT2D eigenvalue weighted by molar-refractivity contribution is -0.0255. The summed E-state index contributed by atoms with van der Waals surface area (Å²) in [7, 11) is 0. The van der Waals surface area contributed by atoms with E-state index >= 15 is 0 Å². The maximum Gasteiger partial charge on any atom is 0.0746 e. The second kappa shape index (κ2) is 5.10. The van der Waals surface area contributed by atoms with Crippen molar-refractivity contribution in [3.63, 3.8) is 0 Å². The van der Waals surface area contributed by atoms with Crippen molar-refractivity contribution in [1.82, 2.24) is 4.90 Å². The Morgan fingerprint density at radius 2 is 2.00 bits per heavy atom. The zero-order valence-corrected chi connectivity index (χ0v) is 12.3. The van der Waals surface area contributed by atoms with E-state index in [9.17, 15) is 5.11 Å². The van der Waals surface area contributed by atoms with Crippen LogP contribution in [-0.2, 0) is 0 Å². The van der Waals surface area contributed by atoms with Gasteiger partial charge in [-0.2, -0.15) is 0 Å². The largest absolute Gasteiger partial charge is 0.389 e. The van der Waals surface area contributed by atoms with E-state index < -0.39 is 5.60 Å². The third-order valence-corrected chi connectivity index (χ3v) is 4.82. The summed E-state index contributed by atoms with van der Waals surface area (Å²) in [5.74, 6) is 0.600. The van der Waals surface area contributed by atoms with E-state index in [1.165, 1.54) is 12.8 Å². The highest BCUT2D eigenvalue weighted by atomic mass is 16.3. The third-order valence-electron chi connectivity index (χ3n) is 4.82. The molecule has 0 aromatic carbocycles. The Kier molecular flexibility index (Phi) is 4.05. The minimum Gasteiger partial charge on any atom is -0.389 e. The van der Waals surface area contributed by atoms with E-state index in [0.29, 0.717) is 17.4 Å². The lowest BCUT2D eigenvalue weighted by atomic mass is 9.70. The van der Waals surface area contributed by atoms with Gasteiger partial charge in [0.2, 0.25) is 0 Å². The van der Waals surface area contributed by atoms with E-state index in [-0.39, 0.29) is 0 Å². The average Bonchev–Trinajstić information content (AvgIpc) is 2.22. The number of nitrogens with zero attached hydrogens (tertiary/aromatic N) is 1. The smallest absolute Gasteiger partial charge is 0.0746 e. The van der Waals surface area contributed by atoms with Crippen LogP contribution in [-0.4, -0.2) is 41.3 Å². The van der Waals surface area contributed by atoms with Crippen LogP contribution in [0.25, 0.3) is 0 Å². The molecular formula is C15H30N2O. The highest BCUT2D eigenvalue weighted by molar-refractivity contribution is 4.91. The topological polar surface area (TPSA) is 49.5 Å². The van der Waals surface area contributed by atoms with E-state index in [1.807, 2.05) is 6.92 Å². The van der Waals surface area contributed by atoms with E-state index in [2.05, 4.69) is 18.7 Å². The van der Waals surface area contributed by atoms with Crippen molar-refractivity contribution in [1.29, 1.82) is 0 Å². The number of β-amino-alcohol motifs (C(OH)–C–C–N with tert-alkyl or cyclic N) is 1. The zero-order chi connectivity index (χ0) is 13.4. The molecule has 106 valence electrons. The highest BCUT2D eigenvalue weighted by Crippen LogP contribution is 2.38. The first-order valence-corrected chi connectivity index (χ1v) is 7.48. The Hall–Kier alpha value is -0.120. The number of piperidine rings is 1. The fraction of sp³-hybridized carbons (Fsp3) is 1.00. The number of nitrogens with two attached hydrogens (primary N) is 1. The fourth-order valence-corrected chi connectivity index (χ4v) is 3.77. The number of aliphatic hydroxyl groups is 1. The maximum atomic E-state index is 10.2. The quantitative estimate of drug-likeness (QED) is 0.792. The number of hydrogen-bond donors (Lipinski definition) is 2. The van der Waals surface area contributed by atoms with Crippen molar-refractivity contribution in [2.75, 3.05) is 19.6 Å². The second-order valence-corrected chi connectivity index (χ2v) is 7.67. The molecule has 3 atom stereocenters. The summed E-state index contributed by atoms with van der Waals surface area (Å²) >= 11 is 0. The predicted octanol–water partition coefficient (Wildman–Crippen LogP) is 1.99. The summed E-state index contributed by atoms with van der Waals surface area (Å²) in [5.41, 5.74) is 6.25. The number of rotatable bonds is 2. The van der Waals surface area contributed by atoms with E-state index in [0.717, 1.165) is 38.9 Å². The standard InChI is InChI=1S/C15H30N2O/c1-14(2)7-5-13(16)12(9-14)10-17-8-4-6-15(3,18)11-17/h12-13,18H,4-11,16H2,1-3H3. The van der Waals surface area contributed by atoms with Gasteiger partial charge in [-0.05, 0) is 56.9 Å². The summed E-state index contributed by atoms with van der Waals surface area (Å²) in [6.45, 7) is 9.69. The van der Waals surface area contributed by atoms with Crippen LogP contribution in [0.15, 0.2) is 0 Å². The van der Waals surface area contributed by atoms with Gasteiger partial charge in [0.15, 0.2) is 0 Å². The van der Waals surface area contributed by atoms with Gasteiger partial charge >= 0.3 is 0 Å². The van der Waals surface area contributed by atoms with E-state index in [4.69, 9.17) is 5.73 Å². The van der Waals surface area contributed by atoms with Gasteiger partial charge in [0, 0.05) is 19.1 Å². The fourth-order valence-electron chi connectivity index (χ4n) is 3.77. The van der Waals surface area contributed by atoms with Gasteiger partial charge < -0.3 is 15.7 Å². The van der Waals surface area contributed by atoms with E-state index in [1.54, 1.807) is 0 Å². The molecule has 3 N–H and O–H groups in total. The molecule has 0 aromatic rings. The highest BCUT2D eigenvalue weighted by Gasteiger charge is 2.36. The summed E-state index contributed by atoms with van der Waals surface area (Å²) in [6.07, 6.45) is 5.68. The van der Waals surface area contributed by atoms with Crippen molar-refractivity contribution >= 4 is 0 Å². The van der Waals surface area contributed by atoms with Crippen molar-refractivity contribution in [2.45, 2.75) is 64.5 Å². The Bertz CT molecular complexity index is 288. The van der Waals surface area contributed by atoms with Crippen molar-refractivity contribution in [3.8, 4) is 0 Å². The number of hydrogen-bond acceptors (Lipinski definition) is 3. The van der Waals surface area contributed by atoms with Crippen LogP contribution in [0.1, 0.15) is 52.9 Å². The van der Waals surface area contributed by atoms with Gasteiger partial charge in [-0.3, -0.25) is 0 Å². The predicted molar refractivity (Wildman–Crippen MR) is 75.4 cm³/mol. The monoisotopic (exact) mass is 254 g/mol. The minimum absolute atomic E-state index is 0.352. The van der Waals surface area contributed by atoms with Gasteiger partial charge in [0.05, 0.1) is 5.60 Å². The molecule has 1 saturated heterocycles. The number of likely N-dealkylation sites (tertiary alicyclic amines) is 1. The molecule has 0 aromatic heterocycles. The third kappa shape index (κ3) is 3.69. The molecule has 0 spiro atoms. The molecule has 0 radical (unpaired) electrons. The van der Waals surface area contributed by atoms with Gasteiger partial charge in [-0.1, -0.05) is 13.8 Å². The summed E-state index contributed by atoms with van der Waals surface area (Å²) in [6, 6.07) is 0.352. The average molecular weight is 254 g/mol. The summed E-state index contributed by atoms with van der Waals surface area (Å²) in [5, 5.41) is 10.2.